The van der Waals surface area contributed by atoms with Gasteiger partial charge < -0.3 is 10.1 Å². The molecule has 0 aliphatic carbocycles. The molecular weight excluding hydrogens is 261 g/mol. The van der Waals surface area contributed by atoms with Crippen molar-refractivity contribution in [2.45, 2.75) is 13.1 Å². The zero-order valence-electron chi connectivity index (χ0n) is 10.4. The van der Waals surface area contributed by atoms with Crippen molar-refractivity contribution in [3.8, 4) is 0 Å². The second-order valence-corrected chi connectivity index (χ2v) is 3.66. The van der Waals surface area contributed by atoms with E-state index in [1.54, 1.807) is 0 Å². The fraction of sp³-hybridized carbons (Fsp3) is 0.417. The number of amides is 1. The molecule has 1 rings (SSSR count). The summed E-state index contributed by atoms with van der Waals surface area (Å²) in [4.78, 5) is 11.3. The van der Waals surface area contributed by atoms with Crippen LogP contribution in [0.25, 0.3) is 0 Å². The van der Waals surface area contributed by atoms with Gasteiger partial charge in [-0.05, 0) is 18.7 Å². The summed E-state index contributed by atoms with van der Waals surface area (Å²) in [7, 11) is 0. The molecule has 0 saturated carbocycles. The van der Waals surface area contributed by atoms with Crippen molar-refractivity contribution in [2.24, 2.45) is 0 Å². The predicted octanol–water partition coefficient (Wildman–Crippen LogP) is 2.86. The number of hydrogen-bond donors (Lipinski definition) is 2. The predicted molar refractivity (Wildman–Crippen MR) is 65.0 cm³/mol. The molecule has 106 valence electrons. The number of likely N-dealkylation sites (N-methyl/N-ethyl adjacent to an activating group) is 1. The number of carbonyl (C=O) groups is 1. The molecular formula is C12H15F3N2O2. The molecule has 0 fully saturated rings. The van der Waals surface area contributed by atoms with E-state index in [1.165, 1.54) is 18.2 Å². The minimum Gasteiger partial charge on any atom is -0.448 e. The number of alkyl halides is 3. The average molecular weight is 276 g/mol. The molecule has 2 N–H and O–H groups in total. The second kappa shape index (κ2) is 6.98. The smallest absolute Gasteiger partial charge is 0.418 e. The van der Waals surface area contributed by atoms with Crippen LogP contribution in [0.15, 0.2) is 24.3 Å². The molecule has 0 saturated heterocycles. The summed E-state index contributed by atoms with van der Waals surface area (Å²) in [5.41, 5.74) is -1.22. The Morgan fingerprint density at radius 2 is 2.00 bits per heavy atom. The van der Waals surface area contributed by atoms with Gasteiger partial charge in [-0.1, -0.05) is 19.1 Å². The highest BCUT2D eigenvalue weighted by molar-refractivity contribution is 5.85. The van der Waals surface area contributed by atoms with Gasteiger partial charge in [-0.15, -0.1) is 0 Å². The number of hydrogen-bond acceptors (Lipinski definition) is 3. The summed E-state index contributed by atoms with van der Waals surface area (Å²) >= 11 is 0. The second-order valence-electron chi connectivity index (χ2n) is 3.66. The lowest BCUT2D eigenvalue weighted by Crippen LogP contribution is -2.23. The van der Waals surface area contributed by atoms with Gasteiger partial charge in [0, 0.05) is 6.54 Å². The molecule has 0 aliphatic heterocycles. The summed E-state index contributed by atoms with van der Waals surface area (Å²) in [6.45, 7) is 3.15. The van der Waals surface area contributed by atoms with Crippen LogP contribution in [0.4, 0.5) is 23.7 Å². The van der Waals surface area contributed by atoms with E-state index in [0.29, 0.717) is 6.54 Å². The highest BCUT2D eigenvalue weighted by atomic mass is 19.4. The largest absolute Gasteiger partial charge is 0.448 e. The van der Waals surface area contributed by atoms with Gasteiger partial charge in [-0.3, -0.25) is 5.32 Å². The first-order chi connectivity index (χ1) is 8.95. The van der Waals surface area contributed by atoms with Crippen molar-refractivity contribution in [1.29, 1.82) is 0 Å². The van der Waals surface area contributed by atoms with Crippen molar-refractivity contribution in [2.75, 3.05) is 25.0 Å². The maximum absolute atomic E-state index is 12.6. The Balaban J connectivity index is 2.59. The minimum absolute atomic E-state index is 0.0911. The topological polar surface area (TPSA) is 50.4 Å². The number of anilines is 1. The molecule has 4 nitrogen and oxygen atoms in total. The first kappa shape index (κ1) is 15.3. The van der Waals surface area contributed by atoms with E-state index in [0.717, 1.165) is 12.6 Å². The summed E-state index contributed by atoms with van der Waals surface area (Å²) in [6.07, 6.45) is -5.43. The first-order valence-corrected chi connectivity index (χ1v) is 5.76. The third kappa shape index (κ3) is 5.17. The van der Waals surface area contributed by atoms with Gasteiger partial charge >= 0.3 is 12.3 Å². The van der Waals surface area contributed by atoms with E-state index in [-0.39, 0.29) is 12.3 Å². The van der Waals surface area contributed by atoms with Gasteiger partial charge in [-0.25, -0.2) is 4.79 Å². The normalized spacial score (nSPS) is 11.2. The Kier molecular flexibility index (Phi) is 5.62. The van der Waals surface area contributed by atoms with E-state index in [9.17, 15) is 18.0 Å². The summed E-state index contributed by atoms with van der Waals surface area (Å²) in [5.74, 6) is 0. The molecule has 19 heavy (non-hydrogen) atoms. The number of para-hydroxylation sites is 1. The Labute approximate surface area is 108 Å². The molecule has 0 spiro atoms. The van der Waals surface area contributed by atoms with Gasteiger partial charge in [0.1, 0.15) is 6.61 Å². The van der Waals surface area contributed by atoms with Crippen LogP contribution in [0, 0.1) is 0 Å². The van der Waals surface area contributed by atoms with Crippen LogP contribution in [0.2, 0.25) is 0 Å². The van der Waals surface area contributed by atoms with Gasteiger partial charge in [0.15, 0.2) is 0 Å². The lowest BCUT2D eigenvalue weighted by molar-refractivity contribution is -0.136. The van der Waals surface area contributed by atoms with Crippen LogP contribution >= 0.6 is 0 Å². The monoisotopic (exact) mass is 276 g/mol. The first-order valence-electron chi connectivity index (χ1n) is 5.76. The van der Waals surface area contributed by atoms with Crippen LogP contribution in [0.5, 0.6) is 0 Å². The molecule has 0 aromatic heterocycles. The number of ether oxygens (including phenoxy) is 1. The Morgan fingerprint density at radius 3 is 2.63 bits per heavy atom. The molecule has 1 amide bonds. The summed E-state index contributed by atoms with van der Waals surface area (Å²) in [5, 5.41) is 5.00. The fourth-order valence-corrected chi connectivity index (χ4v) is 1.38. The van der Waals surface area contributed by atoms with E-state index < -0.39 is 17.8 Å². The minimum atomic E-state index is -4.52. The highest BCUT2D eigenvalue weighted by Crippen LogP contribution is 2.34. The molecule has 0 unspecified atom stereocenters. The van der Waals surface area contributed by atoms with Crippen LogP contribution in [0.3, 0.4) is 0 Å². The Hall–Kier alpha value is -1.76. The van der Waals surface area contributed by atoms with Crippen LogP contribution in [-0.2, 0) is 10.9 Å². The molecule has 1 aromatic carbocycles. The average Bonchev–Trinajstić information content (AvgIpc) is 2.34. The van der Waals surface area contributed by atoms with Gasteiger partial charge in [0.05, 0.1) is 11.3 Å². The zero-order chi connectivity index (χ0) is 14.3. The zero-order valence-corrected chi connectivity index (χ0v) is 10.4. The van der Waals surface area contributed by atoms with Crippen molar-refractivity contribution < 1.29 is 22.7 Å². The SMILES string of the molecule is CCNCCOC(=O)Nc1ccccc1C(F)(F)F. The van der Waals surface area contributed by atoms with Gasteiger partial charge in [0.25, 0.3) is 0 Å². The summed E-state index contributed by atoms with van der Waals surface area (Å²) in [6, 6.07) is 4.73. The summed E-state index contributed by atoms with van der Waals surface area (Å²) < 4.78 is 42.7. The molecule has 0 heterocycles. The Morgan fingerprint density at radius 1 is 1.32 bits per heavy atom. The maximum atomic E-state index is 12.6. The molecule has 0 radical (unpaired) electrons. The van der Waals surface area contributed by atoms with Crippen molar-refractivity contribution in [3.63, 3.8) is 0 Å². The molecule has 0 bridgehead atoms. The number of nitrogens with one attached hydrogen (secondary N) is 2. The standard InChI is InChI=1S/C12H15F3N2O2/c1-2-16-7-8-19-11(18)17-10-6-4-3-5-9(10)12(13,14)15/h3-6,16H,2,7-8H2,1H3,(H,17,18). The fourth-order valence-electron chi connectivity index (χ4n) is 1.38. The molecule has 0 aliphatic rings. The van der Waals surface area contributed by atoms with E-state index in [2.05, 4.69) is 10.6 Å². The van der Waals surface area contributed by atoms with Crippen molar-refractivity contribution in [3.05, 3.63) is 29.8 Å². The van der Waals surface area contributed by atoms with Crippen LogP contribution < -0.4 is 10.6 Å². The molecule has 7 heteroatoms. The lowest BCUT2D eigenvalue weighted by atomic mass is 10.2. The number of halogens is 3. The third-order valence-corrected chi connectivity index (χ3v) is 2.23. The molecule has 0 atom stereocenters. The van der Waals surface area contributed by atoms with Gasteiger partial charge in [0.2, 0.25) is 0 Å². The van der Waals surface area contributed by atoms with Crippen LogP contribution in [0.1, 0.15) is 12.5 Å². The van der Waals surface area contributed by atoms with Crippen molar-refractivity contribution in [1.82, 2.24) is 5.32 Å². The number of rotatable bonds is 5. The van der Waals surface area contributed by atoms with E-state index in [4.69, 9.17) is 4.74 Å². The third-order valence-electron chi connectivity index (χ3n) is 2.23. The lowest BCUT2D eigenvalue weighted by Gasteiger charge is -2.13. The number of benzene rings is 1. The highest BCUT2D eigenvalue weighted by Gasteiger charge is 2.33. The van der Waals surface area contributed by atoms with Gasteiger partial charge in [-0.2, -0.15) is 13.2 Å². The molecule has 1 aromatic rings. The Bertz CT molecular complexity index is 422. The number of carbonyl (C=O) groups excluding carboxylic acids is 1. The quantitative estimate of drug-likeness (QED) is 0.813. The van der Waals surface area contributed by atoms with Crippen LogP contribution in [-0.4, -0.2) is 25.8 Å². The van der Waals surface area contributed by atoms with E-state index in [1.807, 2.05) is 6.92 Å². The van der Waals surface area contributed by atoms with Crippen molar-refractivity contribution >= 4 is 11.8 Å². The maximum Gasteiger partial charge on any atom is 0.418 e. The van der Waals surface area contributed by atoms with E-state index >= 15 is 0 Å².